The highest BCUT2D eigenvalue weighted by atomic mass is 35.5. The number of carbonyl (C=O) groups excluding carboxylic acids is 1. The fraction of sp³-hybridized carbons (Fsp3) is 0.515. The van der Waals surface area contributed by atoms with E-state index in [9.17, 15) is 23.1 Å². The van der Waals surface area contributed by atoms with Crippen molar-refractivity contribution in [1.29, 1.82) is 0 Å². The van der Waals surface area contributed by atoms with Crippen LogP contribution in [0.3, 0.4) is 0 Å². The number of rotatable bonds is 3. The highest BCUT2D eigenvalue weighted by Crippen LogP contribution is 2.42. The maximum absolute atomic E-state index is 13.3. The first-order chi connectivity index (χ1) is 21.0. The molecule has 1 aliphatic carbocycles. The van der Waals surface area contributed by atoms with E-state index < -0.39 is 39.9 Å². The lowest BCUT2D eigenvalue weighted by molar-refractivity contribution is -0.145. The number of aliphatic carboxylic acids is 1. The maximum Gasteiger partial charge on any atom is 0.329 e. The maximum atomic E-state index is 13.3. The normalized spacial score (nSPS) is 28.1. The number of halogens is 1. The highest BCUT2D eigenvalue weighted by Gasteiger charge is 2.38. The fourth-order valence-electron chi connectivity index (χ4n) is 6.31. The molecule has 44 heavy (non-hydrogen) atoms. The second-order valence-electron chi connectivity index (χ2n) is 12.3. The summed E-state index contributed by atoms with van der Waals surface area (Å²) in [6.45, 7) is 4.70. The molecule has 2 N–H and O–H groups in total. The minimum Gasteiger partial charge on any atom is -0.487 e. The van der Waals surface area contributed by atoms with E-state index in [0.717, 1.165) is 48.9 Å². The molecule has 9 nitrogen and oxygen atoms in total. The van der Waals surface area contributed by atoms with Gasteiger partial charge in [0.05, 0.1) is 17.0 Å². The summed E-state index contributed by atoms with van der Waals surface area (Å²) in [7, 11) is -3.98. The number of aryl methyl sites for hydroxylation is 1. The van der Waals surface area contributed by atoms with Crippen LogP contribution in [0.5, 0.6) is 5.75 Å². The lowest BCUT2D eigenvalue weighted by Crippen LogP contribution is -2.44. The van der Waals surface area contributed by atoms with Gasteiger partial charge in [0, 0.05) is 23.7 Å². The Bertz CT molecular complexity index is 1510. The van der Waals surface area contributed by atoms with Crippen molar-refractivity contribution >= 4 is 39.2 Å². The van der Waals surface area contributed by atoms with Crippen molar-refractivity contribution in [2.24, 2.45) is 17.8 Å². The first-order valence-electron chi connectivity index (χ1n) is 15.4. The molecule has 0 unspecified atom stereocenters. The van der Waals surface area contributed by atoms with Gasteiger partial charge in [-0.1, -0.05) is 36.7 Å². The molecule has 3 aliphatic rings. The summed E-state index contributed by atoms with van der Waals surface area (Å²) < 4.78 is 41.0. The molecule has 1 amide bonds. The molecule has 1 saturated carbocycles. The van der Waals surface area contributed by atoms with Crippen LogP contribution in [-0.4, -0.2) is 56.5 Å². The van der Waals surface area contributed by atoms with E-state index in [-0.39, 0.29) is 23.3 Å². The zero-order valence-corrected chi connectivity index (χ0v) is 26.8. The average molecular weight is 645 g/mol. The molecule has 0 aromatic heterocycles. The topological polar surface area (TPSA) is 122 Å². The summed E-state index contributed by atoms with van der Waals surface area (Å²) in [5.41, 5.74) is 3.16. The number of carbonyl (C=O) groups is 2. The van der Waals surface area contributed by atoms with Gasteiger partial charge in [-0.3, -0.25) is 4.79 Å². The van der Waals surface area contributed by atoms with E-state index in [1.54, 1.807) is 25.1 Å². The fourth-order valence-corrected chi connectivity index (χ4v) is 7.79. The number of carboxylic acids is 1. The van der Waals surface area contributed by atoms with Crippen LogP contribution < -0.4 is 14.4 Å². The van der Waals surface area contributed by atoms with Crippen LogP contribution in [0.25, 0.3) is 0 Å². The molecular weight excluding hydrogens is 604 g/mol. The predicted molar refractivity (Wildman–Crippen MR) is 170 cm³/mol. The molecule has 11 heteroatoms. The first kappa shape index (κ1) is 32.3. The van der Waals surface area contributed by atoms with Crippen molar-refractivity contribution < 1.29 is 32.6 Å². The van der Waals surface area contributed by atoms with Gasteiger partial charge in [0.2, 0.25) is 10.0 Å². The number of anilines is 1. The molecule has 2 bridgehead atoms. The van der Waals surface area contributed by atoms with E-state index in [2.05, 4.69) is 9.62 Å². The molecule has 5 rings (SSSR count). The third-order valence-electron chi connectivity index (χ3n) is 9.35. The molecular formula is C33H41ClN2O7S. The lowest BCUT2D eigenvalue weighted by Gasteiger charge is -2.44. The number of ether oxygens (including phenoxy) is 2. The van der Waals surface area contributed by atoms with Crippen molar-refractivity contribution in [1.82, 2.24) is 4.72 Å². The average Bonchev–Trinajstić information content (AvgIpc) is 2.99. The Balaban J connectivity index is 1.54. The van der Waals surface area contributed by atoms with Crippen LogP contribution in [0.1, 0.15) is 67.4 Å². The largest absolute Gasteiger partial charge is 0.487 e. The van der Waals surface area contributed by atoms with Crippen LogP contribution in [-0.2, 0) is 32.6 Å². The smallest absolute Gasteiger partial charge is 0.329 e. The number of hydrogen-bond acceptors (Lipinski definition) is 7. The van der Waals surface area contributed by atoms with Gasteiger partial charge < -0.3 is 19.5 Å². The van der Waals surface area contributed by atoms with Gasteiger partial charge in [0.25, 0.3) is 5.91 Å². The Morgan fingerprint density at radius 2 is 1.95 bits per heavy atom. The quantitative estimate of drug-likeness (QED) is 0.414. The van der Waals surface area contributed by atoms with E-state index in [1.165, 1.54) is 0 Å². The van der Waals surface area contributed by atoms with E-state index in [1.807, 2.05) is 37.3 Å². The molecule has 238 valence electrons. The Hall–Kier alpha value is -3.08. The van der Waals surface area contributed by atoms with Gasteiger partial charge in [-0.2, -0.15) is 0 Å². The van der Waals surface area contributed by atoms with Gasteiger partial charge in [-0.15, -0.1) is 0 Å². The molecule has 2 aliphatic heterocycles. The number of nitrogens with zero attached hydrogens (tertiary/aromatic N) is 1. The third kappa shape index (κ3) is 7.58. The number of sulfonamides is 1. The minimum absolute atomic E-state index is 0.107. The second-order valence-corrected chi connectivity index (χ2v) is 14.8. The molecule has 2 aromatic carbocycles. The van der Waals surface area contributed by atoms with E-state index in [4.69, 9.17) is 21.1 Å². The Kier molecular flexibility index (Phi) is 10.2. The number of allylic oxidation sites excluding steroid dienone is 1. The van der Waals surface area contributed by atoms with Crippen molar-refractivity contribution in [3.63, 3.8) is 0 Å². The number of nitrogens with one attached hydrogen (secondary N) is 1. The Morgan fingerprint density at radius 3 is 2.70 bits per heavy atom. The Labute approximate surface area is 264 Å². The standard InChI is InChI=1S/C33H41ClN2O7S/c1-21-6-5-8-30(43-20-32(37)38)28-13-10-25(28)18-36-15-4-3-7-23-16-27(34)12-9-26(23)19-42-31-14-11-24(17-29(31)36)33(39)35-44(40,41)22(21)2/h5,8-9,11-12,14,16-17,21-22,25,28,30H,3-4,6-7,10,13,15,18-20H2,1-2H3,(H,35,39)(H,37,38)/b8-5+/t21-,22+,25-,28+,30-/m0/s1. The summed E-state index contributed by atoms with van der Waals surface area (Å²) in [4.78, 5) is 27.0. The van der Waals surface area contributed by atoms with Gasteiger partial charge in [-0.05, 0) is 105 Å². The molecule has 0 saturated heterocycles. The number of hydrogen-bond donors (Lipinski definition) is 2. The SMILES string of the molecule is C[C@@H]1[C@@H](C)C/C=C/[C@H](OCC(=O)O)[C@@H]2CC[C@H]2CN2CCCCc3cc(Cl)ccc3COc3ccc(cc32)C(=O)NS1(=O)=O. The van der Waals surface area contributed by atoms with Crippen LogP contribution in [0.2, 0.25) is 5.02 Å². The van der Waals surface area contributed by atoms with Crippen molar-refractivity contribution in [2.45, 2.75) is 70.3 Å². The summed E-state index contributed by atoms with van der Waals surface area (Å²) in [6.07, 6.45) is 8.34. The van der Waals surface area contributed by atoms with E-state index in [0.29, 0.717) is 36.9 Å². The minimum atomic E-state index is -3.98. The number of benzene rings is 2. The van der Waals surface area contributed by atoms with Crippen molar-refractivity contribution in [3.05, 3.63) is 70.3 Å². The monoisotopic (exact) mass is 644 g/mol. The second kappa shape index (κ2) is 13.9. The highest BCUT2D eigenvalue weighted by molar-refractivity contribution is 7.90. The van der Waals surface area contributed by atoms with E-state index >= 15 is 0 Å². The summed E-state index contributed by atoms with van der Waals surface area (Å²) in [5, 5.41) is 9.18. The van der Waals surface area contributed by atoms with Gasteiger partial charge in [-0.25, -0.2) is 17.9 Å². The summed E-state index contributed by atoms with van der Waals surface area (Å²) in [6, 6.07) is 10.9. The zero-order valence-electron chi connectivity index (χ0n) is 25.2. The third-order valence-corrected chi connectivity index (χ3v) is 11.5. The molecule has 5 atom stereocenters. The van der Waals surface area contributed by atoms with Gasteiger partial charge in [0.1, 0.15) is 19.0 Å². The van der Waals surface area contributed by atoms with Gasteiger partial charge in [0.15, 0.2) is 0 Å². The predicted octanol–water partition coefficient (Wildman–Crippen LogP) is 5.60. The van der Waals surface area contributed by atoms with Crippen LogP contribution in [0.4, 0.5) is 5.69 Å². The summed E-state index contributed by atoms with van der Waals surface area (Å²) >= 11 is 6.31. The molecule has 0 radical (unpaired) electrons. The molecule has 0 spiro atoms. The van der Waals surface area contributed by atoms with Crippen molar-refractivity contribution in [3.8, 4) is 5.75 Å². The van der Waals surface area contributed by atoms with Crippen molar-refractivity contribution in [2.75, 3.05) is 24.6 Å². The zero-order chi connectivity index (χ0) is 31.4. The number of amides is 1. The van der Waals surface area contributed by atoms with Crippen LogP contribution >= 0.6 is 11.6 Å². The molecule has 2 heterocycles. The van der Waals surface area contributed by atoms with Crippen LogP contribution in [0, 0.1) is 17.8 Å². The van der Waals surface area contributed by atoms with Gasteiger partial charge >= 0.3 is 5.97 Å². The lowest BCUT2D eigenvalue weighted by atomic mass is 9.70. The first-order valence-corrected chi connectivity index (χ1v) is 17.3. The van der Waals surface area contributed by atoms with Crippen LogP contribution in [0.15, 0.2) is 48.6 Å². The summed E-state index contributed by atoms with van der Waals surface area (Å²) in [5.74, 6) is -1.06. The number of fused-ring (bicyclic) bond motifs is 3. The number of carboxylic acid groups (broad SMARTS) is 1. The molecule has 1 fully saturated rings. The molecule has 2 aromatic rings. The Morgan fingerprint density at radius 1 is 1.14 bits per heavy atom.